The Labute approximate surface area is 91.1 Å². The molecule has 0 fully saturated rings. The minimum atomic E-state index is 0.594. The summed E-state index contributed by atoms with van der Waals surface area (Å²) in [5.41, 5.74) is 6.53. The average Bonchev–Trinajstić information content (AvgIpc) is 2.29. The first-order valence-electron chi connectivity index (χ1n) is 4.98. The third-order valence-corrected chi connectivity index (χ3v) is 2.20. The lowest BCUT2D eigenvalue weighted by Gasteiger charge is -2.17. The molecule has 0 radical (unpaired) electrons. The van der Waals surface area contributed by atoms with Crippen molar-refractivity contribution in [3.05, 3.63) is 36.4 Å². The van der Waals surface area contributed by atoms with E-state index in [2.05, 4.69) is 11.0 Å². The number of hydrogen-bond donors (Lipinski definition) is 1. The first-order chi connectivity index (χ1) is 7.27. The highest BCUT2D eigenvalue weighted by Crippen LogP contribution is 2.17. The second kappa shape index (κ2) is 6.09. The lowest BCUT2D eigenvalue weighted by molar-refractivity contribution is 0.415. The van der Waals surface area contributed by atoms with Gasteiger partial charge >= 0.3 is 0 Å². The molecule has 0 unspecified atom stereocenters. The zero-order valence-electron chi connectivity index (χ0n) is 9.31. The Morgan fingerprint density at radius 1 is 1.27 bits per heavy atom. The Morgan fingerprint density at radius 3 is 2.47 bits per heavy atom. The van der Waals surface area contributed by atoms with Gasteiger partial charge in [0, 0.05) is 25.8 Å². The molecule has 0 aromatic heterocycles. The van der Waals surface area contributed by atoms with E-state index >= 15 is 0 Å². The van der Waals surface area contributed by atoms with Crippen molar-refractivity contribution in [1.29, 1.82) is 0 Å². The van der Waals surface area contributed by atoms with Crippen LogP contribution in [0.15, 0.2) is 36.4 Å². The Balaban J connectivity index is 2.57. The quantitative estimate of drug-likeness (QED) is 0.744. The van der Waals surface area contributed by atoms with E-state index in [0.29, 0.717) is 6.54 Å². The molecule has 0 spiro atoms. The van der Waals surface area contributed by atoms with Crippen molar-refractivity contribution < 1.29 is 4.74 Å². The zero-order valence-corrected chi connectivity index (χ0v) is 9.31. The van der Waals surface area contributed by atoms with Gasteiger partial charge in [-0.05, 0) is 24.3 Å². The lowest BCUT2D eigenvalue weighted by atomic mass is 10.3. The second-order valence-electron chi connectivity index (χ2n) is 3.29. The summed E-state index contributed by atoms with van der Waals surface area (Å²) < 4.78 is 5.10. The van der Waals surface area contributed by atoms with Gasteiger partial charge in [-0.3, -0.25) is 0 Å². The van der Waals surface area contributed by atoms with Gasteiger partial charge in [0.15, 0.2) is 0 Å². The number of ether oxygens (including phenoxy) is 1. The molecule has 0 aliphatic heterocycles. The fourth-order valence-electron chi connectivity index (χ4n) is 1.27. The fraction of sp³-hybridized carbons (Fsp3) is 0.333. The summed E-state index contributed by atoms with van der Waals surface area (Å²) in [5.74, 6) is 0.879. The van der Waals surface area contributed by atoms with Gasteiger partial charge < -0.3 is 15.4 Å². The zero-order chi connectivity index (χ0) is 11.1. The Hall–Kier alpha value is -1.48. The van der Waals surface area contributed by atoms with Crippen molar-refractivity contribution in [1.82, 2.24) is 0 Å². The number of anilines is 1. The number of likely N-dealkylation sites (N-methyl/N-ethyl adjacent to an activating group) is 1. The van der Waals surface area contributed by atoms with Gasteiger partial charge in [0.1, 0.15) is 5.75 Å². The van der Waals surface area contributed by atoms with Crippen LogP contribution >= 0.6 is 0 Å². The highest BCUT2D eigenvalue weighted by Gasteiger charge is 1.98. The molecule has 1 aromatic rings. The van der Waals surface area contributed by atoms with Gasteiger partial charge in [0.25, 0.3) is 0 Å². The van der Waals surface area contributed by atoms with E-state index in [4.69, 9.17) is 10.5 Å². The van der Waals surface area contributed by atoms with E-state index in [0.717, 1.165) is 18.0 Å². The van der Waals surface area contributed by atoms with Crippen LogP contribution in [0.25, 0.3) is 0 Å². The van der Waals surface area contributed by atoms with E-state index in [1.54, 1.807) is 7.11 Å². The van der Waals surface area contributed by atoms with E-state index in [-0.39, 0.29) is 0 Å². The van der Waals surface area contributed by atoms with Crippen LogP contribution in [-0.2, 0) is 0 Å². The van der Waals surface area contributed by atoms with Gasteiger partial charge in [0.05, 0.1) is 7.11 Å². The molecule has 0 amide bonds. The third kappa shape index (κ3) is 3.64. The third-order valence-electron chi connectivity index (χ3n) is 2.20. The van der Waals surface area contributed by atoms with Crippen LogP contribution in [0.5, 0.6) is 5.75 Å². The lowest BCUT2D eigenvalue weighted by Crippen LogP contribution is -2.16. The van der Waals surface area contributed by atoms with Gasteiger partial charge in [-0.25, -0.2) is 0 Å². The summed E-state index contributed by atoms with van der Waals surface area (Å²) in [4.78, 5) is 2.14. The van der Waals surface area contributed by atoms with Gasteiger partial charge in [-0.1, -0.05) is 12.2 Å². The molecule has 3 heteroatoms. The second-order valence-corrected chi connectivity index (χ2v) is 3.29. The maximum Gasteiger partial charge on any atom is 0.119 e. The molecule has 0 aliphatic carbocycles. The maximum absolute atomic E-state index is 5.37. The fourth-order valence-corrected chi connectivity index (χ4v) is 1.27. The molecule has 82 valence electrons. The predicted molar refractivity (Wildman–Crippen MR) is 64.5 cm³/mol. The maximum atomic E-state index is 5.37. The van der Waals surface area contributed by atoms with Crippen LogP contribution in [0, 0.1) is 0 Å². The summed E-state index contributed by atoms with van der Waals surface area (Å²) in [7, 11) is 3.71. The number of benzene rings is 1. The molecule has 3 nitrogen and oxygen atoms in total. The van der Waals surface area contributed by atoms with Crippen LogP contribution in [0.1, 0.15) is 0 Å². The topological polar surface area (TPSA) is 38.5 Å². The molecule has 0 atom stereocenters. The molecule has 0 saturated heterocycles. The molecule has 1 rings (SSSR count). The number of methoxy groups -OCH3 is 1. The molecular formula is C12H18N2O. The van der Waals surface area contributed by atoms with Crippen molar-refractivity contribution in [3.8, 4) is 5.75 Å². The minimum Gasteiger partial charge on any atom is -0.497 e. The summed E-state index contributed by atoms with van der Waals surface area (Å²) in [6, 6.07) is 7.99. The average molecular weight is 206 g/mol. The summed E-state index contributed by atoms with van der Waals surface area (Å²) >= 11 is 0. The van der Waals surface area contributed by atoms with Gasteiger partial charge in [0.2, 0.25) is 0 Å². The molecule has 0 aliphatic rings. The number of hydrogen-bond acceptors (Lipinski definition) is 3. The van der Waals surface area contributed by atoms with Crippen LogP contribution in [0.3, 0.4) is 0 Å². The summed E-state index contributed by atoms with van der Waals surface area (Å²) in [6.07, 6.45) is 4.02. The highest BCUT2D eigenvalue weighted by molar-refractivity contribution is 5.48. The monoisotopic (exact) mass is 206 g/mol. The number of nitrogens with zero attached hydrogens (tertiary/aromatic N) is 1. The van der Waals surface area contributed by atoms with Crippen molar-refractivity contribution in [2.45, 2.75) is 0 Å². The molecule has 2 N–H and O–H groups in total. The van der Waals surface area contributed by atoms with Gasteiger partial charge in [-0.2, -0.15) is 0 Å². The molecular weight excluding hydrogens is 188 g/mol. The highest BCUT2D eigenvalue weighted by atomic mass is 16.5. The van der Waals surface area contributed by atoms with E-state index in [9.17, 15) is 0 Å². The standard InChI is InChI=1S/C12H18N2O/c1-14(10-4-3-9-13)11-5-7-12(15-2)8-6-11/h3-8H,9-10,13H2,1-2H3. The molecule has 15 heavy (non-hydrogen) atoms. The normalized spacial score (nSPS) is 10.6. The van der Waals surface area contributed by atoms with Crippen molar-refractivity contribution >= 4 is 5.69 Å². The van der Waals surface area contributed by atoms with Crippen LogP contribution in [0.2, 0.25) is 0 Å². The van der Waals surface area contributed by atoms with Crippen molar-refractivity contribution in [2.24, 2.45) is 5.73 Å². The van der Waals surface area contributed by atoms with Crippen molar-refractivity contribution in [2.75, 3.05) is 32.1 Å². The predicted octanol–water partition coefficient (Wildman–Crippen LogP) is 1.65. The summed E-state index contributed by atoms with van der Waals surface area (Å²) in [6.45, 7) is 1.46. The van der Waals surface area contributed by atoms with Crippen molar-refractivity contribution in [3.63, 3.8) is 0 Å². The molecule has 0 bridgehead atoms. The molecule has 0 saturated carbocycles. The first-order valence-corrected chi connectivity index (χ1v) is 4.98. The van der Waals surface area contributed by atoms with E-state index in [1.165, 1.54) is 0 Å². The Kier molecular flexibility index (Phi) is 4.71. The Bertz CT molecular complexity index is 306. The SMILES string of the molecule is COc1ccc(N(C)CC=CCN)cc1. The van der Waals surface area contributed by atoms with Gasteiger partial charge in [-0.15, -0.1) is 0 Å². The smallest absolute Gasteiger partial charge is 0.119 e. The number of nitrogens with two attached hydrogens (primary N) is 1. The van der Waals surface area contributed by atoms with Crippen LogP contribution in [-0.4, -0.2) is 27.2 Å². The largest absolute Gasteiger partial charge is 0.497 e. The van der Waals surface area contributed by atoms with E-state index < -0.39 is 0 Å². The summed E-state index contributed by atoms with van der Waals surface area (Å²) in [5, 5.41) is 0. The molecule has 1 aromatic carbocycles. The van der Waals surface area contributed by atoms with E-state index in [1.807, 2.05) is 37.4 Å². The Morgan fingerprint density at radius 2 is 1.93 bits per heavy atom. The van der Waals surface area contributed by atoms with Crippen LogP contribution in [0.4, 0.5) is 5.69 Å². The van der Waals surface area contributed by atoms with Crippen LogP contribution < -0.4 is 15.4 Å². The first kappa shape index (κ1) is 11.6. The molecule has 0 heterocycles. The number of rotatable bonds is 5. The minimum absolute atomic E-state index is 0.594.